The van der Waals surface area contributed by atoms with E-state index in [0.29, 0.717) is 29.5 Å². The number of urea groups is 1. The average molecular weight is 583 g/mol. The van der Waals surface area contributed by atoms with E-state index in [9.17, 15) is 23.1 Å². The highest BCUT2D eigenvalue weighted by molar-refractivity contribution is 7.10. The number of carbonyl (C=O) groups excluding carboxylic acids is 1. The second-order valence-electron chi connectivity index (χ2n) is 10.7. The van der Waals surface area contributed by atoms with Gasteiger partial charge in [0.25, 0.3) is 0 Å². The molecule has 0 spiro atoms. The van der Waals surface area contributed by atoms with Gasteiger partial charge in [0, 0.05) is 34.5 Å². The number of halogens is 3. The van der Waals surface area contributed by atoms with Crippen molar-refractivity contribution in [2.75, 3.05) is 22.1 Å². The number of amides is 2. The molecule has 41 heavy (non-hydrogen) atoms. The number of nitrogens with zero attached hydrogens (tertiary/aromatic N) is 2. The summed E-state index contributed by atoms with van der Waals surface area (Å²) in [7, 11) is 0. The smallest absolute Gasteiger partial charge is 0.506 e. The Morgan fingerprint density at radius 1 is 1.07 bits per heavy atom. The predicted octanol–water partition coefficient (Wildman–Crippen LogP) is 8.61. The zero-order valence-corrected chi connectivity index (χ0v) is 23.7. The van der Waals surface area contributed by atoms with Crippen LogP contribution in [-0.4, -0.2) is 29.0 Å². The lowest BCUT2D eigenvalue weighted by atomic mass is 9.83. The van der Waals surface area contributed by atoms with Crippen molar-refractivity contribution in [3.63, 3.8) is 0 Å². The number of para-hydroxylation sites is 2. The van der Waals surface area contributed by atoms with Gasteiger partial charge in [0.1, 0.15) is 11.5 Å². The first-order chi connectivity index (χ1) is 19.3. The number of hydrogen-bond donors (Lipinski definition) is 3. The van der Waals surface area contributed by atoms with E-state index in [-0.39, 0.29) is 22.6 Å². The molecule has 1 aliphatic rings. The van der Waals surface area contributed by atoms with E-state index in [1.165, 1.54) is 12.1 Å². The minimum absolute atomic E-state index is 0.119. The molecule has 2 heterocycles. The number of phenolic OH excluding ortho intramolecular Hbond substituents is 1. The van der Waals surface area contributed by atoms with Crippen LogP contribution < -0.4 is 20.3 Å². The largest absolute Gasteiger partial charge is 0.573 e. The number of benzene rings is 3. The van der Waals surface area contributed by atoms with Crippen LogP contribution in [0.1, 0.15) is 44.2 Å². The first-order valence-electron chi connectivity index (χ1n) is 12.9. The third-order valence-corrected chi connectivity index (χ3v) is 7.88. The van der Waals surface area contributed by atoms with Gasteiger partial charge in [0.05, 0.1) is 27.8 Å². The third-order valence-electron chi connectivity index (χ3n) is 6.74. The Kier molecular flexibility index (Phi) is 7.33. The molecule has 0 saturated heterocycles. The molecule has 0 aliphatic carbocycles. The molecule has 4 aromatic rings. The van der Waals surface area contributed by atoms with E-state index in [1.54, 1.807) is 29.5 Å². The number of fused-ring (bicyclic) bond motifs is 1. The minimum Gasteiger partial charge on any atom is -0.506 e. The molecule has 214 valence electrons. The summed E-state index contributed by atoms with van der Waals surface area (Å²) in [5.41, 5.74) is 4.54. The van der Waals surface area contributed by atoms with Crippen LogP contribution in [0.5, 0.6) is 11.5 Å². The number of carbonyl (C=O) groups is 1. The Bertz CT molecular complexity index is 1580. The minimum atomic E-state index is -4.80. The van der Waals surface area contributed by atoms with Gasteiger partial charge >= 0.3 is 12.4 Å². The number of aromatic hydroxyl groups is 1. The van der Waals surface area contributed by atoms with E-state index < -0.39 is 12.4 Å². The average Bonchev–Trinajstić information content (AvgIpc) is 3.49. The highest BCUT2D eigenvalue weighted by Crippen LogP contribution is 2.53. The van der Waals surface area contributed by atoms with Gasteiger partial charge in [-0.2, -0.15) is 0 Å². The molecular weight excluding hydrogens is 553 g/mol. The summed E-state index contributed by atoms with van der Waals surface area (Å²) in [4.78, 5) is 19.7. The molecule has 0 radical (unpaired) electrons. The van der Waals surface area contributed by atoms with Gasteiger partial charge in [-0.1, -0.05) is 39.8 Å². The fraction of sp³-hybridized carbons (Fsp3) is 0.267. The zero-order valence-electron chi connectivity index (χ0n) is 22.8. The Labute approximate surface area is 239 Å². The van der Waals surface area contributed by atoms with Gasteiger partial charge in [-0.15, -0.1) is 24.5 Å². The van der Waals surface area contributed by atoms with Crippen LogP contribution in [0.4, 0.5) is 40.7 Å². The molecule has 2 amide bonds. The summed E-state index contributed by atoms with van der Waals surface area (Å²) in [6.07, 6.45) is -4.80. The second kappa shape index (κ2) is 10.6. The summed E-state index contributed by atoms with van der Waals surface area (Å²) < 4.78 is 41.2. The summed E-state index contributed by atoms with van der Waals surface area (Å²) in [5, 5.41) is 19.6. The van der Waals surface area contributed by atoms with Crippen LogP contribution in [0.3, 0.4) is 0 Å². The van der Waals surface area contributed by atoms with Crippen LogP contribution in [0.2, 0.25) is 0 Å². The van der Waals surface area contributed by atoms with Crippen LogP contribution in [0.15, 0.2) is 66.0 Å². The van der Waals surface area contributed by atoms with Gasteiger partial charge in [-0.3, -0.25) is 0 Å². The van der Waals surface area contributed by atoms with Crippen molar-refractivity contribution >= 4 is 40.1 Å². The topological polar surface area (TPSA) is 86.7 Å². The molecule has 1 aliphatic heterocycles. The first kappa shape index (κ1) is 28.3. The fourth-order valence-electron chi connectivity index (χ4n) is 5.03. The van der Waals surface area contributed by atoms with Gasteiger partial charge in [-0.05, 0) is 54.1 Å². The fourth-order valence-corrected chi connectivity index (χ4v) is 5.86. The number of phenols is 1. The van der Waals surface area contributed by atoms with Crippen LogP contribution in [-0.2, 0) is 5.41 Å². The lowest BCUT2D eigenvalue weighted by Crippen LogP contribution is -2.27. The number of aromatic nitrogens is 1. The van der Waals surface area contributed by atoms with E-state index in [1.807, 2.05) is 28.5 Å². The molecule has 3 N–H and O–H groups in total. The van der Waals surface area contributed by atoms with E-state index >= 15 is 0 Å². The van der Waals surface area contributed by atoms with Gasteiger partial charge in [-0.25, -0.2) is 9.78 Å². The van der Waals surface area contributed by atoms with Crippen molar-refractivity contribution in [1.29, 1.82) is 0 Å². The van der Waals surface area contributed by atoms with Crippen molar-refractivity contribution in [1.82, 2.24) is 4.98 Å². The quantitative estimate of drug-likeness (QED) is 0.212. The zero-order chi connectivity index (χ0) is 29.5. The van der Waals surface area contributed by atoms with E-state index in [0.717, 1.165) is 34.0 Å². The summed E-state index contributed by atoms with van der Waals surface area (Å²) in [5.74, 6) is 0.0362. The molecule has 0 bridgehead atoms. The maximum atomic E-state index is 12.9. The van der Waals surface area contributed by atoms with Crippen molar-refractivity contribution in [3.05, 3.63) is 76.6 Å². The molecule has 7 nitrogen and oxygen atoms in total. The Morgan fingerprint density at radius 3 is 2.44 bits per heavy atom. The summed E-state index contributed by atoms with van der Waals surface area (Å²) in [6, 6.07) is 15.1. The van der Waals surface area contributed by atoms with Crippen LogP contribution in [0.25, 0.3) is 11.3 Å². The molecule has 0 fully saturated rings. The molecule has 0 atom stereocenters. The number of alkyl halides is 3. The number of rotatable bonds is 6. The molecule has 0 unspecified atom stereocenters. The molecule has 1 aromatic heterocycles. The number of hydrogen-bond acceptors (Lipinski definition) is 6. The standard InChI is InChI=1S/C30H29F3N4O3S/c1-17(2)27-35-22(15-41-27)20-13-14-24(38)26-25(20)29(3,4)16-37(26)23-8-6-5-7-21(23)36-28(39)34-18-9-11-19(12-10-18)40-30(31,32)33/h5-15,17,38H,16H2,1-4H3,(H2,34,36,39). The Morgan fingerprint density at radius 2 is 1.78 bits per heavy atom. The SMILES string of the molecule is CC(C)c1nc(-c2ccc(O)c3c2C(C)(C)CN3c2ccccc2NC(=O)Nc2ccc(OC(F)(F)F)cc2)cs1. The Hall–Kier alpha value is -4.25. The first-order valence-corrected chi connectivity index (χ1v) is 13.8. The molecule has 3 aromatic carbocycles. The van der Waals surface area contributed by atoms with Crippen LogP contribution in [0, 0.1) is 0 Å². The van der Waals surface area contributed by atoms with E-state index in [4.69, 9.17) is 4.98 Å². The number of anilines is 4. The lowest BCUT2D eigenvalue weighted by molar-refractivity contribution is -0.274. The van der Waals surface area contributed by atoms with Crippen molar-refractivity contribution < 1.29 is 27.8 Å². The molecule has 5 rings (SSSR count). The lowest BCUT2D eigenvalue weighted by Gasteiger charge is -2.25. The maximum Gasteiger partial charge on any atom is 0.573 e. The normalized spacial score (nSPS) is 14.2. The highest BCUT2D eigenvalue weighted by atomic mass is 32.1. The number of ether oxygens (including phenoxy) is 1. The maximum absolute atomic E-state index is 12.9. The monoisotopic (exact) mass is 582 g/mol. The molecule has 11 heteroatoms. The summed E-state index contributed by atoms with van der Waals surface area (Å²) in [6.45, 7) is 8.97. The predicted molar refractivity (Wildman–Crippen MR) is 156 cm³/mol. The second-order valence-corrected chi connectivity index (χ2v) is 11.6. The third kappa shape index (κ3) is 5.95. The highest BCUT2D eigenvalue weighted by Gasteiger charge is 2.41. The summed E-state index contributed by atoms with van der Waals surface area (Å²) >= 11 is 1.61. The van der Waals surface area contributed by atoms with Crippen LogP contribution >= 0.6 is 11.3 Å². The number of thiazole rings is 1. The van der Waals surface area contributed by atoms with E-state index in [2.05, 4.69) is 43.1 Å². The van der Waals surface area contributed by atoms with Gasteiger partial charge in [0.15, 0.2) is 0 Å². The van der Waals surface area contributed by atoms with Crippen molar-refractivity contribution in [2.45, 2.75) is 45.4 Å². The van der Waals surface area contributed by atoms with Gasteiger partial charge in [0.2, 0.25) is 0 Å². The van der Waals surface area contributed by atoms with Gasteiger partial charge < -0.3 is 25.4 Å². The van der Waals surface area contributed by atoms with Crippen molar-refractivity contribution in [2.24, 2.45) is 0 Å². The number of nitrogens with one attached hydrogen (secondary N) is 2. The van der Waals surface area contributed by atoms with Crippen molar-refractivity contribution in [3.8, 4) is 22.8 Å². The molecule has 0 saturated carbocycles. The Balaban J connectivity index is 1.43. The molecular formula is C30H29F3N4O3S.